The molecular formula is C14H28N2O2S. The molecule has 4 nitrogen and oxygen atoms in total. The van der Waals surface area contributed by atoms with E-state index in [0.717, 1.165) is 44.3 Å². The maximum atomic E-state index is 11.6. The quantitative estimate of drug-likeness (QED) is 0.498. The van der Waals surface area contributed by atoms with Gasteiger partial charge in [-0.05, 0) is 37.7 Å². The van der Waals surface area contributed by atoms with Crippen LogP contribution in [0.3, 0.4) is 0 Å². The van der Waals surface area contributed by atoms with E-state index in [-0.39, 0.29) is 6.03 Å². The summed E-state index contributed by atoms with van der Waals surface area (Å²) in [5.74, 6) is 1.14. The molecule has 19 heavy (non-hydrogen) atoms. The first-order valence-corrected chi connectivity index (χ1v) is 8.79. The van der Waals surface area contributed by atoms with Gasteiger partial charge in [0, 0.05) is 13.1 Å². The Morgan fingerprint density at radius 2 is 1.84 bits per heavy atom. The van der Waals surface area contributed by atoms with E-state index in [9.17, 15) is 9.90 Å². The molecule has 1 fully saturated rings. The minimum atomic E-state index is -0.688. The number of amides is 2. The summed E-state index contributed by atoms with van der Waals surface area (Å²) in [6.07, 6.45) is 10.4. The third-order valence-electron chi connectivity index (χ3n) is 3.67. The van der Waals surface area contributed by atoms with Gasteiger partial charge in [-0.2, -0.15) is 11.8 Å². The topological polar surface area (TPSA) is 61.4 Å². The predicted molar refractivity (Wildman–Crippen MR) is 81.7 cm³/mol. The molecule has 0 saturated heterocycles. The van der Waals surface area contributed by atoms with Crippen LogP contribution in [0, 0.1) is 0 Å². The van der Waals surface area contributed by atoms with Crippen molar-refractivity contribution in [3.8, 4) is 0 Å². The molecule has 0 aromatic carbocycles. The molecule has 1 saturated carbocycles. The molecule has 0 aliphatic heterocycles. The summed E-state index contributed by atoms with van der Waals surface area (Å²) in [4.78, 5) is 11.6. The maximum Gasteiger partial charge on any atom is 0.314 e. The molecular weight excluding hydrogens is 260 g/mol. The van der Waals surface area contributed by atoms with Crippen molar-refractivity contribution >= 4 is 17.8 Å². The number of aliphatic hydroxyl groups is 1. The summed E-state index contributed by atoms with van der Waals surface area (Å²) in [6, 6.07) is -0.151. The van der Waals surface area contributed by atoms with Crippen molar-refractivity contribution in [1.82, 2.24) is 10.6 Å². The van der Waals surface area contributed by atoms with E-state index in [1.165, 1.54) is 12.8 Å². The fraction of sp³-hybridized carbons (Fsp3) is 0.929. The molecule has 1 rings (SSSR count). The second-order valence-corrected chi connectivity index (χ2v) is 6.43. The molecule has 2 amide bonds. The van der Waals surface area contributed by atoms with E-state index < -0.39 is 5.60 Å². The van der Waals surface area contributed by atoms with Crippen LogP contribution in [-0.4, -0.2) is 41.8 Å². The molecule has 1 aliphatic carbocycles. The highest BCUT2D eigenvalue weighted by Gasteiger charge is 2.28. The zero-order valence-corrected chi connectivity index (χ0v) is 12.9. The predicted octanol–water partition coefficient (Wildman–Crippen LogP) is 2.51. The van der Waals surface area contributed by atoms with E-state index in [1.54, 1.807) is 0 Å². The highest BCUT2D eigenvalue weighted by molar-refractivity contribution is 7.98. The van der Waals surface area contributed by atoms with E-state index in [4.69, 9.17) is 0 Å². The van der Waals surface area contributed by atoms with Gasteiger partial charge in [0.25, 0.3) is 0 Å². The molecule has 0 radical (unpaired) electrons. The van der Waals surface area contributed by atoms with Gasteiger partial charge in [0.05, 0.1) is 5.60 Å². The van der Waals surface area contributed by atoms with Crippen LogP contribution in [0.4, 0.5) is 4.79 Å². The van der Waals surface area contributed by atoms with Gasteiger partial charge in [0.1, 0.15) is 0 Å². The first-order chi connectivity index (χ1) is 9.16. The zero-order valence-electron chi connectivity index (χ0n) is 12.0. The first-order valence-electron chi connectivity index (χ1n) is 7.39. The number of carbonyl (C=O) groups is 1. The minimum absolute atomic E-state index is 0.151. The number of thioether (sulfide) groups is 1. The number of rotatable bonds is 7. The normalized spacial score (nSPS) is 18.6. The zero-order chi connectivity index (χ0) is 14.0. The molecule has 0 unspecified atom stereocenters. The van der Waals surface area contributed by atoms with Gasteiger partial charge in [0.15, 0.2) is 0 Å². The SMILES string of the molecule is CSCCCCNC(=O)NCC1(O)CCCCCC1. The summed E-state index contributed by atoms with van der Waals surface area (Å²) in [7, 11) is 0. The molecule has 0 bridgehead atoms. The smallest absolute Gasteiger partial charge is 0.314 e. The van der Waals surface area contributed by atoms with Crippen LogP contribution < -0.4 is 10.6 Å². The third-order valence-corrected chi connectivity index (χ3v) is 4.37. The largest absolute Gasteiger partial charge is 0.388 e. The highest BCUT2D eigenvalue weighted by atomic mass is 32.2. The molecule has 0 aromatic rings. The Kier molecular flexibility index (Phi) is 8.30. The fourth-order valence-corrected chi connectivity index (χ4v) is 2.94. The Morgan fingerprint density at radius 1 is 1.16 bits per heavy atom. The van der Waals surface area contributed by atoms with Crippen LogP contribution in [0.2, 0.25) is 0 Å². The molecule has 112 valence electrons. The molecule has 0 atom stereocenters. The van der Waals surface area contributed by atoms with Crippen LogP contribution in [-0.2, 0) is 0 Å². The lowest BCUT2D eigenvalue weighted by Gasteiger charge is -2.26. The van der Waals surface area contributed by atoms with Crippen LogP contribution >= 0.6 is 11.8 Å². The number of nitrogens with one attached hydrogen (secondary N) is 2. The van der Waals surface area contributed by atoms with E-state index in [0.29, 0.717) is 13.1 Å². The average Bonchev–Trinajstić information content (AvgIpc) is 2.62. The van der Waals surface area contributed by atoms with Crippen LogP contribution in [0.5, 0.6) is 0 Å². The van der Waals surface area contributed by atoms with Crippen molar-refractivity contribution in [1.29, 1.82) is 0 Å². The lowest BCUT2D eigenvalue weighted by molar-refractivity contribution is 0.0277. The molecule has 1 aliphatic rings. The van der Waals surface area contributed by atoms with Crippen LogP contribution in [0.1, 0.15) is 51.4 Å². The number of urea groups is 1. The van der Waals surface area contributed by atoms with Gasteiger partial charge in [-0.15, -0.1) is 0 Å². The number of hydrogen-bond donors (Lipinski definition) is 3. The first kappa shape index (κ1) is 16.6. The van der Waals surface area contributed by atoms with Crippen molar-refractivity contribution in [3.05, 3.63) is 0 Å². The number of carbonyl (C=O) groups excluding carboxylic acids is 1. The molecule has 0 heterocycles. The Morgan fingerprint density at radius 3 is 2.47 bits per heavy atom. The maximum absolute atomic E-state index is 11.6. The Bertz CT molecular complexity index is 254. The lowest BCUT2D eigenvalue weighted by Crippen LogP contribution is -2.46. The standard InChI is InChI=1S/C14H28N2O2S/c1-19-11-7-6-10-15-13(17)16-12-14(18)8-4-2-3-5-9-14/h18H,2-12H2,1H3,(H2,15,16,17). The van der Waals surface area contributed by atoms with E-state index >= 15 is 0 Å². The van der Waals surface area contributed by atoms with Crippen molar-refractivity contribution in [2.24, 2.45) is 0 Å². The van der Waals surface area contributed by atoms with Crippen molar-refractivity contribution in [3.63, 3.8) is 0 Å². The summed E-state index contributed by atoms with van der Waals surface area (Å²) in [6.45, 7) is 1.09. The van der Waals surface area contributed by atoms with Gasteiger partial charge in [-0.1, -0.05) is 25.7 Å². The molecule has 5 heteroatoms. The molecule has 0 aromatic heterocycles. The van der Waals surface area contributed by atoms with Crippen LogP contribution in [0.25, 0.3) is 0 Å². The van der Waals surface area contributed by atoms with Crippen molar-refractivity contribution in [2.45, 2.75) is 57.0 Å². The van der Waals surface area contributed by atoms with Gasteiger partial charge in [-0.3, -0.25) is 0 Å². The number of unbranched alkanes of at least 4 members (excludes halogenated alkanes) is 1. The van der Waals surface area contributed by atoms with Gasteiger partial charge >= 0.3 is 6.03 Å². The second-order valence-electron chi connectivity index (χ2n) is 5.45. The average molecular weight is 288 g/mol. The summed E-state index contributed by atoms with van der Waals surface area (Å²) >= 11 is 1.83. The third kappa shape index (κ3) is 7.67. The summed E-state index contributed by atoms with van der Waals surface area (Å²) in [5.41, 5.74) is -0.688. The van der Waals surface area contributed by atoms with E-state index in [1.807, 2.05) is 11.8 Å². The van der Waals surface area contributed by atoms with Gasteiger partial charge < -0.3 is 15.7 Å². The Hall–Kier alpha value is -0.420. The van der Waals surface area contributed by atoms with Crippen LogP contribution in [0.15, 0.2) is 0 Å². The number of hydrogen-bond acceptors (Lipinski definition) is 3. The van der Waals surface area contributed by atoms with Crippen molar-refractivity contribution < 1.29 is 9.90 Å². The van der Waals surface area contributed by atoms with Crippen molar-refractivity contribution in [2.75, 3.05) is 25.1 Å². The fourth-order valence-electron chi connectivity index (χ4n) is 2.44. The highest BCUT2D eigenvalue weighted by Crippen LogP contribution is 2.26. The lowest BCUT2D eigenvalue weighted by atomic mass is 9.95. The Labute approximate surface area is 121 Å². The van der Waals surface area contributed by atoms with Gasteiger partial charge in [0.2, 0.25) is 0 Å². The van der Waals surface area contributed by atoms with Gasteiger partial charge in [-0.25, -0.2) is 4.79 Å². The van der Waals surface area contributed by atoms with E-state index in [2.05, 4.69) is 16.9 Å². The minimum Gasteiger partial charge on any atom is -0.388 e. The summed E-state index contributed by atoms with van der Waals surface area (Å²) < 4.78 is 0. The molecule has 0 spiro atoms. The molecule has 3 N–H and O–H groups in total. The Balaban J connectivity index is 2.11. The summed E-state index contributed by atoms with van der Waals surface area (Å²) in [5, 5.41) is 16.0. The monoisotopic (exact) mass is 288 g/mol. The second kappa shape index (κ2) is 9.48.